The van der Waals surface area contributed by atoms with E-state index in [4.69, 9.17) is 4.74 Å². The van der Waals surface area contributed by atoms with E-state index in [9.17, 15) is 4.79 Å². The fourth-order valence-electron chi connectivity index (χ4n) is 2.36. The first kappa shape index (κ1) is 17.3. The van der Waals surface area contributed by atoms with E-state index in [0.29, 0.717) is 0 Å². The number of rotatable bonds is 7. The average molecular weight is 322 g/mol. The summed E-state index contributed by atoms with van der Waals surface area (Å²) in [6, 6.07) is 8.30. The van der Waals surface area contributed by atoms with E-state index in [-0.39, 0.29) is 11.2 Å². The lowest BCUT2D eigenvalue weighted by molar-refractivity contribution is -0.120. The monoisotopic (exact) mass is 322 g/mol. The highest BCUT2D eigenvalue weighted by Crippen LogP contribution is 2.23. The van der Waals surface area contributed by atoms with Crippen LogP contribution in [0.2, 0.25) is 0 Å². The Labute approximate surface area is 137 Å². The molecule has 1 N–H and O–H groups in total. The number of ether oxygens (including phenoxy) is 1. The van der Waals surface area contributed by atoms with Crippen molar-refractivity contribution in [3.8, 4) is 0 Å². The number of hydrogen-bond acceptors (Lipinski definition) is 4. The molecule has 0 aliphatic carbocycles. The Balaban J connectivity index is 1.62. The van der Waals surface area contributed by atoms with E-state index in [1.165, 1.54) is 5.56 Å². The van der Waals surface area contributed by atoms with Gasteiger partial charge in [-0.3, -0.25) is 9.69 Å². The third-order valence-electron chi connectivity index (χ3n) is 3.76. The molecule has 1 aliphatic rings. The Morgan fingerprint density at radius 3 is 2.68 bits per heavy atom. The molecule has 1 aromatic carbocycles. The molecule has 1 unspecified atom stereocenters. The molecule has 0 spiro atoms. The highest BCUT2D eigenvalue weighted by Gasteiger charge is 2.14. The number of carbonyl (C=O) groups is 1. The molecule has 0 radical (unpaired) electrons. The predicted octanol–water partition coefficient (Wildman–Crippen LogP) is 2.31. The summed E-state index contributed by atoms with van der Waals surface area (Å²) in [5.74, 6) is 0.118. The summed E-state index contributed by atoms with van der Waals surface area (Å²) in [6.45, 7) is 9.48. The zero-order valence-electron chi connectivity index (χ0n) is 13.5. The average Bonchev–Trinajstić information content (AvgIpc) is 2.54. The molecular weight excluding hydrogens is 296 g/mol. The standard InChI is InChI=1S/C17H26N2O2S/c1-14-4-6-16(7-5-14)22-15(2)17(20)18-8-3-9-19-10-12-21-13-11-19/h4-7,15H,3,8-13H2,1-2H3,(H,18,20). The van der Waals surface area contributed by atoms with Gasteiger partial charge in [0.2, 0.25) is 5.91 Å². The van der Waals surface area contributed by atoms with Gasteiger partial charge in [-0.1, -0.05) is 17.7 Å². The Morgan fingerprint density at radius 1 is 1.32 bits per heavy atom. The quantitative estimate of drug-likeness (QED) is 0.618. The van der Waals surface area contributed by atoms with Crippen LogP contribution in [0.4, 0.5) is 0 Å². The molecule has 0 bridgehead atoms. The minimum Gasteiger partial charge on any atom is -0.379 e. The van der Waals surface area contributed by atoms with Crippen LogP contribution < -0.4 is 5.32 Å². The first-order valence-corrected chi connectivity index (χ1v) is 8.84. The summed E-state index contributed by atoms with van der Waals surface area (Å²) in [5.41, 5.74) is 1.24. The summed E-state index contributed by atoms with van der Waals surface area (Å²) >= 11 is 1.61. The van der Waals surface area contributed by atoms with Crippen molar-refractivity contribution in [2.24, 2.45) is 0 Å². The Kier molecular flexibility index (Phi) is 7.22. The molecule has 1 aromatic rings. The number of carbonyl (C=O) groups excluding carboxylic acids is 1. The van der Waals surface area contributed by atoms with Crippen LogP contribution >= 0.6 is 11.8 Å². The fourth-order valence-corrected chi connectivity index (χ4v) is 3.25. The number of nitrogens with one attached hydrogen (secondary N) is 1. The lowest BCUT2D eigenvalue weighted by atomic mass is 10.2. The van der Waals surface area contributed by atoms with Gasteiger partial charge in [0.1, 0.15) is 0 Å². The van der Waals surface area contributed by atoms with Crippen LogP contribution in [0.25, 0.3) is 0 Å². The van der Waals surface area contributed by atoms with E-state index >= 15 is 0 Å². The molecule has 1 saturated heterocycles. The number of morpholine rings is 1. The largest absolute Gasteiger partial charge is 0.379 e. The first-order chi connectivity index (χ1) is 10.6. The maximum atomic E-state index is 12.1. The highest BCUT2D eigenvalue weighted by molar-refractivity contribution is 8.00. The second kappa shape index (κ2) is 9.18. The van der Waals surface area contributed by atoms with E-state index < -0.39 is 0 Å². The number of thioether (sulfide) groups is 1. The summed E-state index contributed by atoms with van der Waals surface area (Å²) in [4.78, 5) is 15.6. The van der Waals surface area contributed by atoms with Crippen molar-refractivity contribution in [1.82, 2.24) is 10.2 Å². The molecule has 1 heterocycles. The van der Waals surface area contributed by atoms with Crippen molar-refractivity contribution in [1.29, 1.82) is 0 Å². The number of amides is 1. The molecule has 1 aliphatic heterocycles. The number of hydrogen-bond donors (Lipinski definition) is 1. The highest BCUT2D eigenvalue weighted by atomic mass is 32.2. The van der Waals surface area contributed by atoms with E-state index in [1.54, 1.807) is 11.8 Å². The Morgan fingerprint density at radius 2 is 2.00 bits per heavy atom. The van der Waals surface area contributed by atoms with Crippen molar-refractivity contribution in [2.45, 2.75) is 30.4 Å². The fraction of sp³-hybridized carbons (Fsp3) is 0.588. The van der Waals surface area contributed by atoms with Crippen molar-refractivity contribution < 1.29 is 9.53 Å². The molecular formula is C17H26N2O2S. The second-order valence-electron chi connectivity index (χ2n) is 5.67. The number of benzene rings is 1. The predicted molar refractivity (Wildman–Crippen MR) is 91.4 cm³/mol. The van der Waals surface area contributed by atoms with Gasteiger partial charge in [-0.25, -0.2) is 0 Å². The van der Waals surface area contributed by atoms with Crippen LogP contribution in [-0.2, 0) is 9.53 Å². The van der Waals surface area contributed by atoms with E-state index in [2.05, 4.69) is 41.4 Å². The minimum absolute atomic E-state index is 0.0638. The number of aryl methyl sites for hydroxylation is 1. The third-order valence-corrected chi connectivity index (χ3v) is 4.87. The summed E-state index contributed by atoms with van der Waals surface area (Å²) in [7, 11) is 0. The van der Waals surface area contributed by atoms with Gasteiger partial charge in [0.05, 0.1) is 18.5 Å². The van der Waals surface area contributed by atoms with E-state index in [0.717, 1.165) is 50.7 Å². The van der Waals surface area contributed by atoms with Crippen LogP contribution in [0.5, 0.6) is 0 Å². The summed E-state index contributed by atoms with van der Waals surface area (Å²) in [6.07, 6.45) is 0.994. The minimum atomic E-state index is -0.0638. The maximum absolute atomic E-state index is 12.1. The molecule has 122 valence electrons. The zero-order valence-corrected chi connectivity index (χ0v) is 14.3. The van der Waals surface area contributed by atoms with Crippen molar-refractivity contribution in [2.75, 3.05) is 39.4 Å². The molecule has 5 heteroatoms. The lowest BCUT2D eigenvalue weighted by Gasteiger charge is -2.26. The maximum Gasteiger partial charge on any atom is 0.233 e. The van der Waals surface area contributed by atoms with Gasteiger partial charge in [-0.05, 0) is 38.9 Å². The van der Waals surface area contributed by atoms with Crippen LogP contribution in [0.15, 0.2) is 29.2 Å². The van der Waals surface area contributed by atoms with Crippen LogP contribution in [0.1, 0.15) is 18.9 Å². The third kappa shape index (κ3) is 5.99. The summed E-state index contributed by atoms with van der Waals surface area (Å²) < 4.78 is 5.33. The molecule has 1 atom stereocenters. The molecule has 0 saturated carbocycles. The normalized spacial score (nSPS) is 17.2. The lowest BCUT2D eigenvalue weighted by Crippen LogP contribution is -2.38. The molecule has 1 fully saturated rings. The van der Waals surface area contributed by atoms with E-state index in [1.807, 2.05) is 6.92 Å². The van der Waals surface area contributed by atoms with Gasteiger partial charge in [-0.2, -0.15) is 0 Å². The molecule has 4 nitrogen and oxygen atoms in total. The van der Waals surface area contributed by atoms with Gasteiger partial charge in [0.15, 0.2) is 0 Å². The van der Waals surface area contributed by atoms with Gasteiger partial charge >= 0.3 is 0 Å². The van der Waals surface area contributed by atoms with Gasteiger partial charge < -0.3 is 10.1 Å². The Bertz CT molecular complexity index is 458. The van der Waals surface area contributed by atoms with Gasteiger partial charge in [0.25, 0.3) is 0 Å². The smallest absolute Gasteiger partial charge is 0.233 e. The summed E-state index contributed by atoms with van der Waals surface area (Å²) in [5, 5.41) is 2.97. The van der Waals surface area contributed by atoms with Crippen LogP contribution in [-0.4, -0.2) is 55.4 Å². The van der Waals surface area contributed by atoms with Crippen LogP contribution in [0.3, 0.4) is 0 Å². The van der Waals surface area contributed by atoms with Crippen LogP contribution in [0, 0.1) is 6.92 Å². The zero-order chi connectivity index (χ0) is 15.8. The Hall–Kier alpha value is -1.04. The second-order valence-corrected chi connectivity index (χ2v) is 7.09. The topological polar surface area (TPSA) is 41.6 Å². The van der Waals surface area contributed by atoms with Gasteiger partial charge in [-0.15, -0.1) is 11.8 Å². The van der Waals surface area contributed by atoms with Crippen molar-refractivity contribution >= 4 is 17.7 Å². The van der Waals surface area contributed by atoms with Crippen molar-refractivity contribution in [3.05, 3.63) is 29.8 Å². The first-order valence-electron chi connectivity index (χ1n) is 7.96. The number of nitrogens with zero attached hydrogens (tertiary/aromatic N) is 1. The molecule has 1 amide bonds. The van der Waals surface area contributed by atoms with Gasteiger partial charge in [0, 0.05) is 24.5 Å². The SMILES string of the molecule is Cc1ccc(SC(C)C(=O)NCCCN2CCOCC2)cc1. The van der Waals surface area contributed by atoms with Crippen molar-refractivity contribution in [3.63, 3.8) is 0 Å². The molecule has 2 rings (SSSR count). The molecule has 0 aromatic heterocycles. The molecule has 22 heavy (non-hydrogen) atoms.